The summed E-state index contributed by atoms with van der Waals surface area (Å²) in [5.74, 6) is 0.347. The van der Waals surface area contributed by atoms with Crippen LogP contribution in [-0.4, -0.2) is 23.3 Å². The molecular weight excluding hydrogens is 319 g/mol. The van der Waals surface area contributed by atoms with Gasteiger partial charge in [-0.3, -0.25) is 4.79 Å². The third kappa shape index (κ3) is 2.53. The molecule has 3 nitrogen and oxygen atoms in total. The first-order valence-corrected chi connectivity index (χ1v) is 7.57. The molecule has 2 atom stereocenters. The molecule has 2 aliphatic rings. The lowest BCUT2D eigenvalue weighted by Crippen LogP contribution is -2.48. The van der Waals surface area contributed by atoms with Gasteiger partial charge >= 0.3 is 5.97 Å². The second kappa shape index (κ2) is 5.21. The molecule has 1 aliphatic heterocycles. The van der Waals surface area contributed by atoms with Gasteiger partial charge in [0.25, 0.3) is 0 Å². The summed E-state index contributed by atoms with van der Waals surface area (Å²) in [5, 5.41) is 0. The third-order valence-corrected chi connectivity index (χ3v) is 5.30. The molecule has 2 unspecified atom stereocenters. The minimum atomic E-state index is -0.439. The summed E-state index contributed by atoms with van der Waals surface area (Å²) >= 11 is 2.22. The SMILES string of the molecule is CC1(CI)COC(C2CCCCC2)OC1=O. The molecular formula is C12H19IO3. The van der Waals surface area contributed by atoms with Crippen molar-refractivity contribution < 1.29 is 14.3 Å². The number of hydrogen-bond donors (Lipinski definition) is 0. The van der Waals surface area contributed by atoms with E-state index in [0.29, 0.717) is 12.5 Å². The standard InChI is InChI=1S/C12H19IO3/c1-12(7-13)8-15-10(16-11(12)14)9-5-3-2-4-6-9/h9-10H,2-8H2,1H3. The van der Waals surface area contributed by atoms with E-state index in [1.165, 1.54) is 19.3 Å². The van der Waals surface area contributed by atoms with Crippen molar-refractivity contribution in [3.63, 3.8) is 0 Å². The van der Waals surface area contributed by atoms with Crippen molar-refractivity contribution in [1.82, 2.24) is 0 Å². The van der Waals surface area contributed by atoms with Gasteiger partial charge in [0.05, 0.1) is 12.0 Å². The van der Waals surface area contributed by atoms with Crippen LogP contribution in [0.5, 0.6) is 0 Å². The monoisotopic (exact) mass is 338 g/mol. The van der Waals surface area contributed by atoms with Crippen molar-refractivity contribution in [2.24, 2.45) is 11.3 Å². The van der Waals surface area contributed by atoms with Gasteiger partial charge in [-0.25, -0.2) is 0 Å². The minimum Gasteiger partial charge on any atom is -0.435 e. The zero-order chi connectivity index (χ0) is 11.6. The molecule has 0 N–H and O–H groups in total. The smallest absolute Gasteiger partial charge is 0.317 e. The van der Waals surface area contributed by atoms with Gasteiger partial charge in [0, 0.05) is 10.3 Å². The molecule has 0 amide bonds. The average Bonchev–Trinajstić information content (AvgIpc) is 2.34. The molecule has 0 radical (unpaired) electrons. The molecule has 4 heteroatoms. The molecule has 0 spiro atoms. The second-order valence-corrected chi connectivity index (χ2v) is 5.94. The molecule has 1 aliphatic carbocycles. The van der Waals surface area contributed by atoms with Crippen LogP contribution in [0.15, 0.2) is 0 Å². The molecule has 1 saturated heterocycles. The summed E-state index contributed by atoms with van der Waals surface area (Å²) in [4.78, 5) is 11.9. The van der Waals surface area contributed by atoms with E-state index in [-0.39, 0.29) is 12.3 Å². The summed E-state index contributed by atoms with van der Waals surface area (Å²) < 4.78 is 12.0. The normalized spacial score (nSPS) is 37.1. The van der Waals surface area contributed by atoms with E-state index in [2.05, 4.69) is 22.6 Å². The van der Waals surface area contributed by atoms with E-state index in [4.69, 9.17) is 9.47 Å². The Morgan fingerprint density at radius 3 is 2.62 bits per heavy atom. The van der Waals surface area contributed by atoms with Crippen LogP contribution in [-0.2, 0) is 14.3 Å². The summed E-state index contributed by atoms with van der Waals surface area (Å²) in [6.07, 6.45) is 5.79. The van der Waals surface area contributed by atoms with Crippen molar-refractivity contribution >= 4 is 28.6 Å². The number of rotatable bonds is 2. The van der Waals surface area contributed by atoms with Gasteiger partial charge < -0.3 is 9.47 Å². The fraction of sp³-hybridized carbons (Fsp3) is 0.917. The molecule has 0 aromatic carbocycles. The van der Waals surface area contributed by atoms with Crippen LogP contribution in [0.4, 0.5) is 0 Å². The second-order valence-electron chi connectivity index (χ2n) is 5.18. The van der Waals surface area contributed by atoms with Gasteiger partial charge in [-0.05, 0) is 19.8 Å². The number of esters is 1. The van der Waals surface area contributed by atoms with Crippen LogP contribution in [0.25, 0.3) is 0 Å². The maximum atomic E-state index is 11.9. The number of halogens is 1. The number of alkyl halides is 1. The molecule has 0 aromatic rings. The zero-order valence-corrected chi connectivity index (χ0v) is 11.9. The van der Waals surface area contributed by atoms with E-state index in [1.807, 2.05) is 6.92 Å². The molecule has 1 saturated carbocycles. The number of hydrogen-bond acceptors (Lipinski definition) is 3. The van der Waals surface area contributed by atoms with Crippen molar-refractivity contribution in [3.8, 4) is 0 Å². The minimum absolute atomic E-state index is 0.0799. The number of cyclic esters (lactones) is 1. The predicted molar refractivity (Wildman–Crippen MR) is 69.4 cm³/mol. The van der Waals surface area contributed by atoms with E-state index in [1.54, 1.807) is 0 Å². The Morgan fingerprint density at radius 1 is 1.38 bits per heavy atom. The number of carbonyl (C=O) groups excluding carboxylic acids is 1. The van der Waals surface area contributed by atoms with Crippen LogP contribution in [0.2, 0.25) is 0 Å². The molecule has 0 bridgehead atoms. The van der Waals surface area contributed by atoms with Crippen LogP contribution in [0, 0.1) is 11.3 Å². The maximum Gasteiger partial charge on any atom is 0.317 e. The fourth-order valence-corrected chi connectivity index (χ4v) is 2.87. The summed E-state index contributed by atoms with van der Waals surface area (Å²) in [5.41, 5.74) is -0.439. The highest BCUT2D eigenvalue weighted by atomic mass is 127. The van der Waals surface area contributed by atoms with Crippen molar-refractivity contribution in [2.45, 2.75) is 45.3 Å². The van der Waals surface area contributed by atoms with Gasteiger partial charge in [-0.1, -0.05) is 41.9 Å². The van der Waals surface area contributed by atoms with Gasteiger partial charge in [0.1, 0.15) is 0 Å². The lowest BCUT2D eigenvalue weighted by Gasteiger charge is -2.38. The highest BCUT2D eigenvalue weighted by molar-refractivity contribution is 14.1. The quantitative estimate of drug-likeness (QED) is 0.441. The van der Waals surface area contributed by atoms with E-state index in [0.717, 1.165) is 17.3 Å². The molecule has 2 rings (SSSR count). The van der Waals surface area contributed by atoms with E-state index < -0.39 is 5.41 Å². The van der Waals surface area contributed by atoms with E-state index in [9.17, 15) is 4.79 Å². The Morgan fingerprint density at radius 2 is 2.06 bits per heavy atom. The van der Waals surface area contributed by atoms with Crippen LogP contribution >= 0.6 is 22.6 Å². The lowest BCUT2D eigenvalue weighted by molar-refractivity contribution is -0.236. The van der Waals surface area contributed by atoms with Gasteiger partial charge in [0.2, 0.25) is 6.29 Å². The van der Waals surface area contributed by atoms with E-state index >= 15 is 0 Å². The first kappa shape index (κ1) is 12.6. The molecule has 0 aromatic heterocycles. The zero-order valence-electron chi connectivity index (χ0n) is 9.71. The number of carbonyl (C=O) groups is 1. The first-order chi connectivity index (χ1) is 7.65. The van der Waals surface area contributed by atoms with Crippen LogP contribution in [0.3, 0.4) is 0 Å². The Labute approximate surface area is 110 Å². The summed E-state index contributed by atoms with van der Waals surface area (Å²) in [6.45, 7) is 2.43. The van der Waals surface area contributed by atoms with Crippen molar-refractivity contribution in [2.75, 3.05) is 11.0 Å². The first-order valence-electron chi connectivity index (χ1n) is 6.04. The largest absolute Gasteiger partial charge is 0.435 e. The lowest BCUT2D eigenvalue weighted by atomic mass is 9.87. The highest BCUT2D eigenvalue weighted by Crippen LogP contribution is 2.35. The van der Waals surface area contributed by atoms with Gasteiger partial charge in [-0.15, -0.1) is 0 Å². The molecule has 2 fully saturated rings. The maximum absolute atomic E-state index is 11.9. The van der Waals surface area contributed by atoms with Crippen molar-refractivity contribution in [1.29, 1.82) is 0 Å². The van der Waals surface area contributed by atoms with Crippen molar-refractivity contribution in [3.05, 3.63) is 0 Å². The van der Waals surface area contributed by atoms with Gasteiger partial charge in [0.15, 0.2) is 0 Å². The molecule has 1 heterocycles. The molecule has 92 valence electrons. The van der Waals surface area contributed by atoms with Gasteiger partial charge in [-0.2, -0.15) is 0 Å². The topological polar surface area (TPSA) is 35.5 Å². The van der Waals surface area contributed by atoms with Crippen LogP contribution < -0.4 is 0 Å². The average molecular weight is 338 g/mol. The van der Waals surface area contributed by atoms with Crippen LogP contribution in [0.1, 0.15) is 39.0 Å². The summed E-state index contributed by atoms with van der Waals surface area (Å²) in [6, 6.07) is 0. The number of ether oxygens (including phenoxy) is 2. The molecule has 16 heavy (non-hydrogen) atoms. The highest BCUT2D eigenvalue weighted by Gasteiger charge is 2.43. The fourth-order valence-electron chi connectivity index (χ4n) is 2.34. The Bertz CT molecular complexity index is 263. The summed E-state index contributed by atoms with van der Waals surface area (Å²) in [7, 11) is 0. The predicted octanol–water partition coefficient (Wildman–Crippen LogP) is 2.91. The third-order valence-electron chi connectivity index (χ3n) is 3.61. The Kier molecular flexibility index (Phi) is 4.11. The Balaban J connectivity index is 1.93. The Hall–Kier alpha value is 0.160.